The first-order chi connectivity index (χ1) is 7.16. The fourth-order valence-electron chi connectivity index (χ4n) is 0.835. The van der Waals surface area contributed by atoms with Crippen LogP contribution in [0.15, 0.2) is 0 Å². The van der Waals surface area contributed by atoms with E-state index in [0.717, 1.165) is 0 Å². The van der Waals surface area contributed by atoms with Gasteiger partial charge in [0.2, 0.25) is 15.9 Å². The minimum Gasteiger partial charge on any atom is -0.354 e. The molecule has 0 saturated heterocycles. The van der Waals surface area contributed by atoms with E-state index < -0.39 is 10.0 Å². The normalized spacial score (nSPS) is 12.5. The Labute approximate surface area is 97.2 Å². The molecule has 0 radical (unpaired) electrons. The highest BCUT2D eigenvalue weighted by atomic mass is 32.2. The minimum atomic E-state index is -3.24. The predicted molar refractivity (Wildman–Crippen MR) is 63.6 cm³/mol. The number of sulfonamides is 1. The first-order valence-corrected chi connectivity index (χ1v) is 6.74. The van der Waals surface area contributed by atoms with Crippen molar-refractivity contribution >= 4 is 15.9 Å². The quantitative estimate of drug-likeness (QED) is 0.567. The van der Waals surface area contributed by atoms with Crippen molar-refractivity contribution in [3.05, 3.63) is 0 Å². The average molecular weight is 251 g/mol. The summed E-state index contributed by atoms with van der Waals surface area (Å²) in [6.45, 7) is 6.15. The highest BCUT2D eigenvalue weighted by Crippen LogP contribution is 1.96. The summed E-state index contributed by atoms with van der Waals surface area (Å²) in [5, 5.41) is 5.53. The molecule has 0 heterocycles. The Hall–Kier alpha value is -0.660. The fraction of sp³-hybridized carbons (Fsp3) is 0.889. The Morgan fingerprint density at radius 3 is 2.25 bits per heavy atom. The van der Waals surface area contributed by atoms with Crippen LogP contribution in [0.1, 0.15) is 20.8 Å². The molecule has 96 valence electrons. The molecule has 1 amide bonds. The lowest BCUT2D eigenvalue weighted by atomic mass is 10.1. The van der Waals surface area contributed by atoms with E-state index in [4.69, 9.17) is 0 Å². The van der Waals surface area contributed by atoms with Gasteiger partial charge in [-0.1, -0.05) is 0 Å². The topological polar surface area (TPSA) is 87.3 Å². The van der Waals surface area contributed by atoms with Crippen LogP contribution in [0, 0.1) is 0 Å². The molecule has 16 heavy (non-hydrogen) atoms. The first kappa shape index (κ1) is 15.3. The molecule has 0 aromatic carbocycles. The molecule has 0 aliphatic heterocycles. The van der Waals surface area contributed by atoms with Crippen LogP contribution < -0.4 is 15.4 Å². The third kappa shape index (κ3) is 8.63. The number of carbonyl (C=O) groups is 1. The number of nitrogens with one attached hydrogen (secondary N) is 3. The Balaban J connectivity index is 3.76. The van der Waals surface area contributed by atoms with Gasteiger partial charge in [0.1, 0.15) is 0 Å². The maximum Gasteiger partial charge on any atom is 0.234 e. The SMILES string of the molecule is CNS(=O)(=O)CCNC(=O)CNC(C)(C)C. The molecule has 3 N–H and O–H groups in total. The lowest BCUT2D eigenvalue weighted by Crippen LogP contribution is -2.44. The smallest absolute Gasteiger partial charge is 0.234 e. The van der Waals surface area contributed by atoms with E-state index in [0.29, 0.717) is 0 Å². The van der Waals surface area contributed by atoms with Crippen LogP contribution >= 0.6 is 0 Å². The van der Waals surface area contributed by atoms with Crippen LogP contribution in [-0.2, 0) is 14.8 Å². The summed E-state index contributed by atoms with van der Waals surface area (Å²) in [5.74, 6) is -0.314. The van der Waals surface area contributed by atoms with Gasteiger partial charge in [-0.15, -0.1) is 0 Å². The summed E-state index contributed by atoms with van der Waals surface area (Å²) in [6, 6.07) is 0. The highest BCUT2D eigenvalue weighted by Gasteiger charge is 2.12. The van der Waals surface area contributed by atoms with Crippen LogP contribution in [0.3, 0.4) is 0 Å². The molecule has 0 aromatic heterocycles. The van der Waals surface area contributed by atoms with Crippen molar-refractivity contribution in [3.63, 3.8) is 0 Å². The largest absolute Gasteiger partial charge is 0.354 e. The molecule has 0 saturated carbocycles. The average Bonchev–Trinajstić information content (AvgIpc) is 2.13. The zero-order chi connectivity index (χ0) is 12.8. The van der Waals surface area contributed by atoms with E-state index in [1.165, 1.54) is 7.05 Å². The summed E-state index contributed by atoms with van der Waals surface area (Å²) in [7, 11) is -1.90. The summed E-state index contributed by atoms with van der Waals surface area (Å²) in [5.41, 5.74) is -0.131. The maximum atomic E-state index is 11.3. The lowest BCUT2D eigenvalue weighted by molar-refractivity contribution is -0.120. The molecule has 0 rings (SSSR count). The molecule has 0 atom stereocenters. The van der Waals surface area contributed by atoms with Crippen LogP contribution in [0.5, 0.6) is 0 Å². The van der Waals surface area contributed by atoms with Crippen molar-refractivity contribution in [3.8, 4) is 0 Å². The van der Waals surface area contributed by atoms with Crippen LogP contribution in [0.2, 0.25) is 0 Å². The molecule has 0 aliphatic rings. The number of hydrogen-bond donors (Lipinski definition) is 3. The van der Waals surface area contributed by atoms with E-state index >= 15 is 0 Å². The zero-order valence-electron chi connectivity index (χ0n) is 10.3. The van der Waals surface area contributed by atoms with Crippen molar-refractivity contribution in [1.82, 2.24) is 15.4 Å². The van der Waals surface area contributed by atoms with Gasteiger partial charge in [0.25, 0.3) is 0 Å². The molecular weight excluding hydrogens is 230 g/mol. The van der Waals surface area contributed by atoms with Crippen LogP contribution in [0.25, 0.3) is 0 Å². The summed E-state index contributed by atoms with van der Waals surface area (Å²) < 4.78 is 24.2. The third-order valence-corrected chi connectivity index (χ3v) is 3.15. The van der Waals surface area contributed by atoms with E-state index in [1.807, 2.05) is 20.8 Å². The first-order valence-electron chi connectivity index (χ1n) is 5.09. The van der Waals surface area contributed by atoms with Gasteiger partial charge in [-0.2, -0.15) is 0 Å². The van der Waals surface area contributed by atoms with Crippen molar-refractivity contribution in [1.29, 1.82) is 0 Å². The third-order valence-electron chi connectivity index (χ3n) is 1.78. The highest BCUT2D eigenvalue weighted by molar-refractivity contribution is 7.89. The number of carbonyl (C=O) groups excluding carboxylic acids is 1. The van der Waals surface area contributed by atoms with Gasteiger partial charge < -0.3 is 10.6 Å². The van der Waals surface area contributed by atoms with Gasteiger partial charge in [0.05, 0.1) is 12.3 Å². The van der Waals surface area contributed by atoms with E-state index in [-0.39, 0.29) is 30.3 Å². The molecular formula is C9H21N3O3S. The molecule has 0 fully saturated rings. The van der Waals surface area contributed by atoms with Crippen molar-refractivity contribution < 1.29 is 13.2 Å². The molecule has 0 aromatic rings. The minimum absolute atomic E-state index is 0.106. The summed E-state index contributed by atoms with van der Waals surface area (Å²) in [4.78, 5) is 11.3. The van der Waals surface area contributed by atoms with Gasteiger partial charge in [-0.25, -0.2) is 13.1 Å². The fourth-order valence-corrected chi connectivity index (χ4v) is 1.41. The molecule has 7 heteroatoms. The second kappa shape index (κ2) is 6.17. The predicted octanol–water partition coefficient (Wildman–Crippen LogP) is -0.960. The number of amides is 1. The van der Waals surface area contributed by atoms with Gasteiger partial charge in [0.15, 0.2) is 0 Å². The molecule has 0 unspecified atom stereocenters. The second-order valence-corrected chi connectivity index (χ2v) is 6.52. The maximum absolute atomic E-state index is 11.3. The summed E-state index contributed by atoms with van der Waals surface area (Å²) >= 11 is 0. The second-order valence-electron chi connectivity index (χ2n) is 4.48. The van der Waals surface area contributed by atoms with Gasteiger partial charge in [-0.3, -0.25) is 4.79 Å². The number of rotatable bonds is 6. The Bertz CT molecular complexity index is 319. The van der Waals surface area contributed by atoms with Gasteiger partial charge in [0, 0.05) is 12.1 Å². The van der Waals surface area contributed by atoms with Crippen molar-refractivity contribution in [2.45, 2.75) is 26.3 Å². The van der Waals surface area contributed by atoms with Crippen LogP contribution in [0.4, 0.5) is 0 Å². The molecule has 0 aliphatic carbocycles. The molecule has 6 nitrogen and oxygen atoms in total. The Kier molecular flexibility index (Phi) is 5.91. The lowest BCUT2D eigenvalue weighted by Gasteiger charge is -2.19. The Morgan fingerprint density at radius 2 is 1.81 bits per heavy atom. The van der Waals surface area contributed by atoms with E-state index in [1.54, 1.807) is 0 Å². The van der Waals surface area contributed by atoms with Crippen molar-refractivity contribution in [2.75, 3.05) is 25.9 Å². The molecule has 0 bridgehead atoms. The van der Waals surface area contributed by atoms with Gasteiger partial charge in [-0.05, 0) is 27.8 Å². The Morgan fingerprint density at radius 1 is 1.25 bits per heavy atom. The molecule has 0 spiro atoms. The zero-order valence-corrected chi connectivity index (χ0v) is 11.1. The van der Waals surface area contributed by atoms with Gasteiger partial charge >= 0.3 is 0 Å². The summed E-state index contributed by atoms with van der Waals surface area (Å²) in [6.07, 6.45) is 0. The van der Waals surface area contributed by atoms with E-state index in [9.17, 15) is 13.2 Å². The van der Waals surface area contributed by atoms with Crippen molar-refractivity contribution in [2.24, 2.45) is 0 Å². The monoisotopic (exact) mass is 251 g/mol. The standard InChI is InChI=1S/C9H21N3O3S/c1-9(2,3)12-7-8(13)11-5-6-16(14,15)10-4/h10,12H,5-7H2,1-4H3,(H,11,13). The number of hydrogen-bond acceptors (Lipinski definition) is 4. The van der Waals surface area contributed by atoms with E-state index in [2.05, 4.69) is 15.4 Å². The van der Waals surface area contributed by atoms with Crippen LogP contribution in [-0.4, -0.2) is 45.8 Å².